The Hall–Kier alpha value is -4.01. The first-order valence-corrected chi connectivity index (χ1v) is 15.6. The summed E-state index contributed by atoms with van der Waals surface area (Å²) >= 11 is 1.51. The zero-order chi connectivity index (χ0) is 28.9. The predicted molar refractivity (Wildman–Crippen MR) is 171 cm³/mol. The van der Waals surface area contributed by atoms with Crippen LogP contribution in [0.4, 0.5) is 5.69 Å². The molecule has 1 amide bonds. The Balaban J connectivity index is 1.29. The average molecular weight is 577 g/mol. The number of rotatable bonds is 7. The van der Waals surface area contributed by atoms with Gasteiger partial charge in [0.15, 0.2) is 5.82 Å². The van der Waals surface area contributed by atoms with Gasteiger partial charge < -0.3 is 10.2 Å². The molecule has 42 heavy (non-hydrogen) atoms. The lowest BCUT2D eigenvalue weighted by molar-refractivity contribution is 0.102. The molecular formula is C34H36N6OS. The van der Waals surface area contributed by atoms with Crippen molar-refractivity contribution in [2.24, 2.45) is 5.92 Å². The summed E-state index contributed by atoms with van der Waals surface area (Å²) in [4.78, 5) is 36.1. The zero-order valence-electron chi connectivity index (χ0n) is 24.2. The molecular weight excluding hydrogens is 540 g/mol. The molecule has 4 heterocycles. The van der Waals surface area contributed by atoms with Gasteiger partial charge >= 0.3 is 0 Å². The number of nitrogens with zero attached hydrogens (tertiary/aromatic N) is 5. The molecule has 1 aliphatic heterocycles. The van der Waals surface area contributed by atoms with Crippen molar-refractivity contribution >= 4 is 33.3 Å². The molecule has 2 aromatic carbocycles. The van der Waals surface area contributed by atoms with Crippen molar-refractivity contribution in [3.8, 4) is 22.0 Å². The van der Waals surface area contributed by atoms with Gasteiger partial charge in [-0.2, -0.15) is 0 Å². The molecule has 6 rings (SSSR count). The minimum absolute atomic E-state index is 0.258. The van der Waals surface area contributed by atoms with Crippen molar-refractivity contribution in [1.29, 1.82) is 0 Å². The summed E-state index contributed by atoms with van der Waals surface area (Å²) in [6.45, 7) is 6.84. The highest BCUT2D eigenvalue weighted by molar-refractivity contribution is 7.21. The van der Waals surface area contributed by atoms with Crippen LogP contribution in [0, 0.1) is 5.92 Å². The monoisotopic (exact) mass is 576 g/mol. The second-order valence-corrected chi connectivity index (χ2v) is 12.2. The first-order valence-electron chi connectivity index (χ1n) is 14.8. The van der Waals surface area contributed by atoms with E-state index in [0.717, 1.165) is 51.6 Å². The fourth-order valence-corrected chi connectivity index (χ4v) is 6.60. The quantitative estimate of drug-likeness (QED) is 0.216. The first kappa shape index (κ1) is 28.1. The fourth-order valence-electron chi connectivity index (χ4n) is 5.65. The maximum absolute atomic E-state index is 13.8. The third-order valence-corrected chi connectivity index (χ3v) is 8.99. The molecule has 0 radical (unpaired) electrons. The summed E-state index contributed by atoms with van der Waals surface area (Å²) in [7, 11) is 0. The molecule has 8 heteroatoms. The number of carbonyl (C=O) groups excluding carboxylic acids is 1. The highest BCUT2D eigenvalue weighted by atomic mass is 32.1. The van der Waals surface area contributed by atoms with E-state index < -0.39 is 0 Å². The number of aromatic nitrogens is 4. The molecule has 1 atom stereocenters. The summed E-state index contributed by atoms with van der Waals surface area (Å²) in [5.74, 6) is 0.846. The largest absolute Gasteiger partial charge is 0.320 e. The van der Waals surface area contributed by atoms with Crippen molar-refractivity contribution in [3.63, 3.8) is 0 Å². The molecule has 1 aliphatic rings. The number of hydrogen-bond donors (Lipinski definition) is 1. The van der Waals surface area contributed by atoms with Crippen molar-refractivity contribution in [1.82, 2.24) is 24.8 Å². The van der Waals surface area contributed by atoms with Crippen molar-refractivity contribution in [2.45, 2.75) is 52.0 Å². The van der Waals surface area contributed by atoms with E-state index in [9.17, 15) is 4.79 Å². The van der Waals surface area contributed by atoms with E-state index in [1.54, 1.807) is 6.20 Å². The van der Waals surface area contributed by atoms with Crippen molar-refractivity contribution in [3.05, 3.63) is 90.4 Å². The smallest absolute Gasteiger partial charge is 0.274 e. The molecule has 0 aliphatic carbocycles. The Morgan fingerprint density at radius 2 is 1.79 bits per heavy atom. The standard InChI is InChI=1S/C34H36N6OS/c1-23(2)40-19-9-8-11-24(17-20-40)21-26-22-30(37-31(36-26)25-12-4-3-5-13-25)32(41)38-28-15-7-6-14-27(28)33-39-29-16-10-18-35-34(29)42-33/h3-7,10,12-16,18,22-24H,8-9,11,17,19-21H2,1-2H3,(H,38,41). The Kier molecular flexibility index (Phi) is 8.63. The third-order valence-electron chi connectivity index (χ3n) is 7.98. The molecule has 0 bridgehead atoms. The molecule has 0 spiro atoms. The van der Waals surface area contributed by atoms with E-state index in [2.05, 4.69) is 29.0 Å². The number of anilines is 1. The molecule has 1 saturated heterocycles. The Bertz CT molecular complexity index is 1630. The van der Waals surface area contributed by atoms with Crippen molar-refractivity contribution < 1.29 is 4.79 Å². The lowest BCUT2D eigenvalue weighted by atomic mass is 9.91. The van der Waals surface area contributed by atoms with Gasteiger partial charge in [0.2, 0.25) is 0 Å². The summed E-state index contributed by atoms with van der Waals surface area (Å²) in [5, 5.41) is 3.94. The molecule has 5 aromatic rings. The summed E-state index contributed by atoms with van der Waals surface area (Å²) < 4.78 is 0. The molecule has 0 saturated carbocycles. The van der Waals surface area contributed by atoms with E-state index >= 15 is 0 Å². The summed E-state index contributed by atoms with van der Waals surface area (Å²) in [5.41, 5.74) is 4.58. The van der Waals surface area contributed by atoms with Crippen LogP contribution in [-0.2, 0) is 6.42 Å². The number of thiazole rings is 1. The average Bonchev–Trinajstić information content (AvgIpc) is 3.43. The number of likely N-dealkylation sites (tertiary alicyclic amines) is 1. The Labute approximate surface area is 251 Å². The van der Waals surface area contributed by atoms with Crippen LogP contribution in [-0.4, -0.2) is 49.9 Å². The van der Waals surface area contributed by atoms with E-state index in [1.165, 1.54) is 37.1 Å². The zero-order valence-corrected chi connectivity index (χ0v) is 25.0. The second kappa shape index (κ2) is 12.9. The van der Waals surface area contributed by atoms with Crippen LogP contribution in [0.3, 0.4) is 0 Å². The topological polar surface area (TPSA) is 83.9 Å². The van der Waals surface area contributed by atoms with E-state index in [0.29, 0.717) is 29.2 Å². The number of nitrogens with one attached hydrogen (secondary N) is 1. The molecule has 1 N–H and O–H groups in total. The highest BCUT2D eigenvalue weighted by Gasteiger charge is 2.21. The number of fused-ring (bicyclic) bond motifs is 1. The number of hydrogen-bond acceptors (Lipinski definition) is 7. The molecule has 3 aromatic heterocycles. The van der Waals surface area contributed by atoms with Gasteiger partial charge in [0.05, 0.1) is 5.69 Å². The van der Waals surface area contributed by atoms with Crippen LogP contribution in [0.25, 0.3) is 32.3 Å². The van der Waals surface area contributed by atoms with Gasteiger partial charge in [-0.1, -0.05) is 60.2 Å². The van der Waals surface area contributed by atoms with Gasteiger partial charge in [-0.15, -0.1) is 0 Å². The number of benzene rings is 2. The minimum Gasteiger partial charge on any atom is -0.320 e. The Morgan fingerprint density at radius 3 is 2.62 bits per heavy atom. The molecule has 214 valence electrons. The fraction of sp³-hybridized carbons (Fsp3) is 0.324. The van der Waals surface area contributed by atoms with E-state index in [1.807, 2.05) is 72.8 Å². The lowest BCUT2D eigenvalue weighted by Crippen LogP contribution is -2.35. The van der Waals surface area contributed by atoms with Gasteiger partial charge in [0.25, 0.3) is 5.91 Å². The van der Waals surface area contributed by atoms with Gasteiger partial charge in [-0.3, -0.25) is 4.79 Å². The molecule has 1 unspecified atom stereocenters. The van der Waals surface area contributed by atoms with E-state index in [-0.39, 0.29) is 5.91 Å². The van der Waals surface area contributed by atoms with Gasteiger partial charge in [-0.25, -0.2) is 19.9 Å². The number of carbonyl (C=O) groups is 1. The van der Waals surface area contributed by atoms with Crippen LogP contribution < -0.4 is 5.32 Å². The third kappa shape index (κ3) is 6.55. The predicted octanol–water partition coefficient (Wildman–Crippen LogP) is 7.51. The number of pyridine rings is 1. The van der Waals surface area contributed by atoms with Crippen LogP contribution >= 0.6 is 11.3 Å². The van der Waals surface area contributed by atoms with Crippen LogP contribution in [0.2, 0.25) is 0 Å². The maximum atomic E-state index is 13.8. The normalized spacial score (nSPS) is 16.3. The van der Waals surface area contributed by atoms with Gasteiger partial charge in [0, 0.05) is 29.1 Å². The summed E-state index contributed by atoms with van der Waals surface area (Å²) in [6, 6.07) is 23.9. The number of amides is 1. The van der Waals surface area contributed by atoms with Crippen LogP contribution in [0.5, 0.6) is 0 Å². The highest BCUT2D eigenvalue weighted by Crippen LogP contribution is 2.34. The van der Waals surface area contributed by atoms with Crippen molar-refractivity contribution in [2.75, 3.05) is 18.4 Å². The van der Waals surface area contributed by atoms with Crippen LogP contribution in [0.15, 0.2) is 79.0 Å². The van der Waals surface area contributed by atoms with E-state index in [4.69, 9.17) is 15.0 Å². The number of para-hydroxylation sites is 1. The summed E-state index contributed by atoms with van der Waals surface area (Å²) in [6.07, 6.45) is 7.37. The van der Waals surface area contributed by atoms with Crippen LogP contribution in [0.1, 0.15) is 55.7 Å². The van der Waals surface area contributed by atoms with Gasteiger partial charge in [0.1, 0.15) is 21.0 Å². The minimum atomic E-state index is -0.258. The SMILES string of the molecule is CC(C)N1CCCCC(Cc2cc(C(=O)Nc3ccccc3-c3nc4cccnc4s3)nc(-c3ccccc3)n2)CC1. The second-order valence-electron chi connectivity index (χ2n) is 11.3. The van der Waals surface area contributed by atoms with Gasteiger partial charge in [-0.05, 0) is 88.9 Å². The molecule has 1 fully saturated rings. The Morgan fingerprint density at radius 1 is 0.952 bits per heavy atom. The lowest BCUT2D eigenvalue weighted by Gasteiger charge is -2.31. The maximum Gasteiger partial charge on any atom is 0.274 e. The molecule has 7 nitrogen and oxygen atoms in total. The first-order chi connectivity index (χ1) is 20.5.